The molecule has 3 heterocycles. The predicted molar refractivity (Wildman–Crippen MR) is 103 cm³/mol. The van der Waals surface area contributed by atoms with E-state index in [9.17, 15) is 4.79 Å². The predicted octanol–water partition coefficient (Wildman–Crippen LogP) is 2.84. The minimum Gasteiger partial charge on any atom is -0.335 e. The van der Waals surface area contributed by atoms with Crippen LogP contribution in [-0.4, -0.2) is 19.7 Å². The molecule has 6 heteroatoms. The molecule has 1 aliphatic heterocycles. The second-order valence-corrected chi connectivity index (χ2v) is 7.38. The fraction of sp³-hybridized carbons (Fsp3) is 0.381. The van der Waals surface area contributed by atoms with E-state index in [-0.39, 0.29) is 23.6 Å². The Morgan fingerprint density at radius 1 is 1.26 bits per heavy atom. The molecule has 0 fully saturated rings. The Labute approximate surface area is 157 Å². The monoisotopic (exact) mass is 361 g/mol. The van der Waals surface area contributed by atoms with Gasteiger partial charge in [0.15, 0.2) is 0 Å². The minimum absolute atomic E-state index is 0.0395. The van der Waals surface area contributed by atoms with Crippen LogP contribution in [0.4, 0.5) is 0 Å². The molecule has 6 nitrogen and oxygen atoms in total. The molecule has 1 aliphatic carbocycles. The maximum absolute atomic E-state index is 12.4. The first kappa shape index (κ1) is 16.4. The van der Waals surface area contributed by atoms with Gasteiger partial charge in [-0.1, -0.05) is 30.3 Å². The Morgan fingerprint density at radius 2 is 2.11 bits per heavy atom. The molecule has 3 atom stereocenters. The number of aromatic amines is 1. The molecule has 0 saturated heterocycles. The minimum atomic E-state index is -0.0454. The maximum atomic E-state index is 12.4. The van der Waals surface area contributed by atoms with Crippen molar-refractivity contribution in [3.8, 4) is 0 Å². The van der Waals surface area contributed by atoms with Crippen molar-refractivity contribution in [2.75, 3.05) is 0 Å². The highest BCUT2D eigenvalue weighted by Crippen LogP contribution is 2.46. The van der Waals surface area contributed by atoms with E-state index in [1.54, 1.807) is 0 Å². The van der Waals surface area contributed by atoms with Crippen LogP contribution in [0.2, 0.25) is 0 Å². The van der Waals surface area contributed by atoms with Crippen LogP contribution in [0.25, 0.3) is 0 Å². The summed E-state index contributed by atoms with van der Waals surface area (Å²) in [6.07, 6.45) is 6.74. The lowest BCUT2D eigenvalue weighted by Gasteiger charge is -2.41. The SMILES string of the molecule is CCn1ccnc1C1c2n[nH]c(=O)c3c2C(CCC3)NC1c1ccccc1. The summed E-state index contributed by atoms with van der Waals surface area (Å²) in [4.78, 5) is 17.1. The number of H-pyrrole nitrogens is 1. The zero-order valence-corrected chi connectivity index (χ0v) is 15.4. The molecule has 0 radical (unpaired) electrons. The third-order valence-corrected chi connectivity index (χ3v) is 5.95. The van der Waals surface area contributed by atoms with Gasteiger partial charge in [0.2, 0.25) is 0 Å². The van der Waals surface area contributed by atoms with Crippen molar-refractivity contribution >= 4 is 0 Å². The van der Waals surface area contributed by atoms with Gasteiger partial charge in [-0.3, -0.25) is 4.79 Å². The number of rotatable bonds is 3. The first-order valence-corrected chi connectivity index (χ1v) is 9.71. The first-order valence-electron chi connectivity index (χ1n) is 9.71. The molecule has 0 bridgehead atoms. The number of aromatic nitrogens is 4. The summed E-state index contributed by atoms with van der Waals surface area (Å²) in [5.41, 5.74) is 4.15. The van der Waals surface area contributed by atoms with Gasteiger partial charge in [0.1, 0.15) is 5.82 Å². The van der Waals surface area contributed by atoms with Crippen LogP contribution in [0.1, 0.15) is 66.0 Å². The lowest BCUT2D eigenvalue weighted by Crippen LogP contribution is -2.42. The molecule has 0 saturated carbocycles. The lowest BCUT2D eigenvalue weighted by atomic mass is 9.76. The molecule has 5 rings (SSSR count). The molecule has 3 aromatic rings. The summed E-state index contributed by atoms with van der Waals surface area (Å²) in [7, 11) is 0. The third-order valence-electron chi connectivity index (χ3n) is 5.95. The van der Waals surface area contributed by atoms with Crippen LogP contribution in [0, 0.1) is 0 Å². The van der Waals surface area contributed by atoms with Crippen LogP contribution < -0.4 is 10.9 Å². The van der Waals surface area contributed by atoms with Crippen LogP contribution in [0.15, 0.2) is 47.5 Å². The Hall–Kier alpha value is -2.73. The number of nitrogens with one attached hydrogen (secondary N) is 2. The van der Waals surface area contributed by atoms with Gasteiger partial charge in [0.05, 0.1) is 11.6 Å². The van der Waals surface area contributed by atoms with E-state index < -0.39 is 0 Å². The van der Waals surface area contributed by atoms with Crippen molar-refractivity contribution in [1.82, 2.24) is 25.1 Å². The number of benzene rings is 1. The molecule has 2 aliphatic rings. The van der Waals surface area contributed by atoms with E-state index in [0.29, 0.717) is 0 Å². The summed E-state index contributed by atoms with van der Waals surface area (Å²) >= 11 is 0. The Balaban J connectivity index is 1.76. The zero-order chi connectivity index (χ0) is 18.4. The van der Waals surface area contributed by atoms with E-state index in [0.717, 1.165) is 48.5 Å². The molecular weight excluding hydrogens is 338 g/mol. The smallest absolute Gasteiger partial charge is 0.267 e. The van der Waals surface area contributed by atoms with Crippen molar-refractivity contribution in [3.63, 3.8) is 0 Å². The number of imidazole rings is 1. The normalized spacial score (nSPS) is 23.8. The van der Waals surface area contributed by atoms with E-state index in [2.05, 4.69) is 51.3 Å². The average molecular weight is 361 g/mol. The maximum Gasteiger partial charge on any atom is 0.267 e. The summed E-state index contributed by atoms with van der Waals surface area (Å²) in [5, 5.41) is 11.2. The fourth-order valence-electron chi connectivity index (χ4n) is 4.74. The third kappa shape index (κ3) is 2.55. The lowest BCUT2D eigenvalue weighted by molar-refractivity contribution is 0.327. The fourth-order valence-corrected chi connectivity index (χ4v) is 4.74. The van der Waals surface area contributed by atoms with Crippen molar-refractivity contribution in [1.29, 1.82) is 0 Å². The Bertz CT molecular complexity index is 1020. The number of hydrogen-bond acceptors (Lipinski definition) is 4. The van der Waals surface area contributed by atoms with Gasteiger partial charge in [-0.15, -0.1) is 0 Å². The van der Waals surface area contributed by atoms with Gasteiger partial charge >= 0.3 is 0 Å². The van der Waals surface area contributed by atoms with Crippen molar-refractivity contribution in [2.24, 2.45) is 0 Å². The standard InChI is InChI=1S/C21H23N5O/c1-2-26-12-11-22-20(26)17-18(13-7-4-3-5-8-13)23-15-10-6-9-14-16(15)19(17)24-25-21(14)27/h3-5,7-8,11-12,15,17-18,23H,2,6,9-10H2,1H3,(H,25,27). The molecule has 2 N–H and O–H groups in total. The number of aryl methyl sites for hydroxylation is 1. The molecule has 2 aromatic heterocycles. The molecule has 0 amide bonds. The van der Waals surface area contributed by atoms with Crippen LogP contribution in [0.3, 0.4) is 0 Å². The highest BCUT2D eigenvalue weighted by atomic mass is 16.1. The summed E-state index contributed by atoms with van der Waals surface area (Å²) in [6, 6.07) is 10.7. The number of nitrogens with zero attached hydrogens (tertiary/aromatic N) is 3. The molecule has 27 heavy (non-hydrogen) atoms. The van der Waals surface area contributed by atoms with Crippen LogP contribution >= 0.6 is 0 Å². The van der Waals surface area contributed by atoms with Crippen molar-refractivity contribution in [3.05, 3.63) is 81.3 Å². The van der Waals surface area contributed by atoms with Crippen LogP contribution in [-0.2, 0) is 13.0 Å². The Morgan fingerprint density at radius 3 is 2.93 bits per heavy atom. The highest BCUT2D eigenvalue weighted by molar-refractivity contribution is 5.43. The van der Waals surface area contributed by atoms with E-state index in [4.69, 9.17) is 4.98 Å². The largest absolute Gasteiger partial charge is 0.335 e. The summed E-state index contributed by atoms with van der Waals surface area (Å²) in [6.45, 7) is 2.97. The Kier molecular flexibility index (Phi) is 3.93. The average Bonchev–Trinajstić information content (AvgIpc) is 3.19. The van der Waals surface area contributed by atoms with Crippen LogP contribution in [0.5, 0.6) is 0 Å². The molecule has 3 unspecified atom stereocenters. The van der Waals surface area contributed by atoms with Gasteiger partial charge in [0.25, 0.3) is 5.56 Å². The van der Waals surface area contributed by atoms with E-state index >= 15 is 0 Å². The highest BCUT2D eigenvalue weighted by Gasteiger charge is 2.42. The second-order valence-electron chi connectivity index (χ2n) is 7.38. The van der Waals surface area contributed by atoms with Gasteiger partial charge in [-0.2, -0.15) is 5.10 Å². The zero-order valence-electron chi connectivity index (χ0n) is 15.4. The first-order chi connectivity index (χ1) is 13.3. The quantitative estimate of drug-likeness (QED) is 0.752. The molecule has 0 spiro atoms. The number of hydrogen-bond donors (Lipinski definition) is 2. The van der Waals surface area contributed by atoms with E-state index in [1.807, 2.05) is 18.5 Å². The van der Waals surface area contributed by atoms with Gasteiger partial charge in [0, 0.05) is 42.1 Å². The van der Waals surface area contributed by atoms with Gasteiger partial charge < -0.3 is 9.88 Å². The van der Waals surface area contributed by atoms with Gasteiger partial charge in [-0.05, 0) is 31.7 Å². The topological polar surface area (TPSA) is 75.6 Å². The van der Waals surface area contributed by atoms with E-state index in [1.165, 1.54) is 5.56 Å². The van der Waals surface area contributed by atoms with Crippen molar-refractivity contribution < 1.29 is 0 Å². The van der Waals surface area contributed by atoms with Gasteiger partial charge in [-0.25, -0.2) is 10.1 Å². The summed E-state index contributed by atoms with van der Waals surface area (Å²) in [5.74, 6) is 0.951. The molecular formula is C21H23N5O. The van der Waals surface area contributed by atoms with Crippen molar-refractivity contribution in [2.45, 2.75) is 50.7 Å². The summed E-state index contributed by atoms with van der Waals surface area (Å²) < 4.78 is 2.17. The molecule has 1 aromatic carbocycles. The second kappa shape index (κ2) is 6.46. The molecule has 138 valence electrons.